The molecule has 0 bridgehead atoms. The summed E-state index contributed by atoms with van der Waals surface area (Å²) in [6.07, 6.45) is 0.246. The molecule has 1 aromatic carbocycles. The summed E-state index contributed by atoms with van der Waals surface area (Å²) >= 11 is 6.39. The lowest BCUT2D eigenvalue weighted by Crippen LogP contribution is -2.47. The van der Waals surface area contributed by atoms with Gasteiger partial charge in [0.05, 0.1) is 20.1 Å². The van der Waals surface area contributed by atoms with Crippen molar-refractivity contribution in [2.45, 2.75) is 24.9 Å². The van der Waals surface area contributed by atoms with Crippen molar-refractivity contribution in [3.63, 3.8) is 0 Å². The first-order valence-corrected chi connectivity index (χ1v) is 8.92. The van der Waals surface area contributed by atoms with Crippen molar-refractivity contribution in [1.82, 2.24) is 9.80 Å². The molecule has 8 heteroatoms. The predicted octanol–water partition coefficient (Wildman–Crippen LogP) is 1.90. The van der Waals surface area contributed by atoms with Crippen molar-refractivity contribution in [2.75, 3.05) is 34.9 Å². The maximum absolute atomic E-state index is 13.1. The maximum Gasteiger partial charge on any atom is 0.326 e. The highest BCUT2D eigenvalue weighted by atomic mass is 35.5. The minimum Gasteiger partial charge on any atom is -0.468 e. The van der Waals surface area contributed by atoms with Gasteiger partial charge in [0.15, 0.2) is 0 Å². The van der Waals surface area contributed by atoms with Crippen molar-refractivity contribution in [2.24, 2.45) is 5.92 Å². The molecule has 0 radical (unpaired) electrons. The average Bonchev–Trinajstić information content (AvgIpc) is 2.93. The van der Waals surface area contributed by atoms with Crippen molar-refractivity contribution < 1.29 is 23.9 Å². The molecular formula is C19H25ClN2O5. The fraction of sp³-hybridized carbons (Fsp3) is 0.526. The van der Waals surface area contributed by atoms with Gasteiger partial charge in [0.25, 0.3) is 0 Å². The number of amides is 1. The van der Waals surface area contributed by atoms with Crippen molar-refractivity contribution in [3.8, 4) is 0 Å². The number of carbonyl (C=O) groups excluding carboxylic acids is 3. The third-order valence-corrected chi connectivity index (χ3v) is 5.67. The Kier molecular flexibility index (Phi) is 6.49. The van der Waals surface area contributed by atoms with Crippen LogP contribution in [0.3, 0.4) is 0 Å². The summed E-state index contributed by atoms with van der Waals surface area (Å²) in [5.41, 5.74) is -0.246. The molecule has 1 aliphatic rings. The number of methoxy groups -OCH3 is 2. The number of benzene rings is 1. The molecule has 7 nitrogen and oxygen atoms in total. The molecule has 1 aromatic rings. The van der Waals surface area contributed by atoms with Gasteiger partial charge in [-0.15, -0.1) is 0 Å². The Morgan fingerprint density at radius 2 is 1.89 bits per heavy atom. The van der Waals surface area contributed by atoms with Crippen LogP contribution in [0.2, 0.25) is 5.02 Å². The van der Waals surface area contributed by atoms with E-state index in [0.29, 0.717) is 5.02 Å². The van der Waals surface area contributed by atoms with E-state index in [0.717, 1.165) is 5.56 Å². The predicted molar refractivity (Wildman–Crippen MR) is 100 cm³/mol. The van der Waals surface area contributed by atoms with E-state index in [9.17, 15) is 14.4 Å². The van der Waals surface area contributed by atoms with Gasteiger partial charge in [0, 0.05) is 18.1 Å². The summed E-state index contributed by atoms with van der Waals surface area (Å²) in [6.45, 7) is 1.58. The van der Waals surface area contributed by atoms with Crippen molar-refractivity contribution in [3.05, 3.63) is 34.9 Å². The van der Waals surface area contributed by atoms with E-state index in [1.807, 2.05) is 17.0 Å². The van der Waals surface area contributed by atoms with Gasteiger partial charge in [-0.25, -0.2) is 0 Å². The largest absolute Gasteiger partial charge is 0.468 e. The van der Waals surface area contributed by atoms with E-state index in [-0.39, 0.29) is 18.9 Å². The lowest BCUT2D eigenvalue weighted by Gasteiger charge is -2.33. The van der Waals surface area contributed by atoms with Crippen LogP contribution in [0.5, 0.6) is 0 Å². The molecule has 3 atom stereocenters. The van der Waals surface area contributed by atoms with E-state index in [4.69, 9.17) is 16.3 Å². The third kappa shape index (κ3) is 3.94. The molecule has 1 aliphatic heterocycles. The monoisotopic (exact) mass is 396 g/mol. The fourth-order valence-electron chi connectivity index (χ4n) is 3.69. The zero-order chi connectivity index (χ0) is 20.4. The number of carbonyl (C=O) groups is 3. The summed E-state index contributed by atoms with van der Waals surface area (Å²) < 4.78 is 9.62. The van der Waals surface area contributed by atoms with E-state index < -0.39 is 29.4 Å². The molecule has 1 amide bonds. The summed E-state index contributed by atoms with van der Waals surface area (Å²) in [5, 5.41) is 0.511. The quantitative estimate of drug-likeness (QED) is 0.707. The summed E-state index contributed by atoms with van der Waals surface area (Å²) in [4.78, 5) is 40.3. The highest BCUT2D eigenvalue weighted by Gasteiger charge is 2.55. The first-order valence-electron chi connectivity index (χ1n) is 8.55. The average molecular weight is 397 g/mol. The second-order valence-corrected chi connectivity index (χ2v) is 7.33. The molecule has 148 valence electrons. The maximum atomic E-state index is 13.1. The smallest absolute Gasteiger partial charge is 0.326 e. The second kappa shape index (κ2) is 8.27. The van der Waals surface area contributed by atoms with Gasteiger partial charge in [-0.3, -0.25) is 19.3 Å². The fourth-order valence-corrected chi connectivity index (χ4v) is 3.94. The number of halogens is 1. The number of hydrogen-bond donors (Lipinski definition) is 0. The molecule has 0 saturated carbocycles. The summed E-state index contributed by atoms with van der Waals surface area (Å²) in [6, 6.07) is 6.80. The van der Waals surface area contributed by atoms with E-state index in [1.54, 1.807) is 26.1 Å². The van der Waals surface area contributed by atoms with Crippen LogP contribution in [0.15, 0.2) is 24.3 Å². The molecule has 1 saturated heterocycles. The minimum atomic E-state index is -0.995. The molecule has 27 heavy (non-hydrogen) atoms. The molecule has 1 heterocycles. The molecule has 0 aromatic heterocycles. The molecule has 2 rings (SSSR count). The SMILES string of the molecule is COC(=O)CN(C)C(=O)[C@H]1C[C@@](C)(C(=O)OC)N(C)[C@H]1c1ccccc1Cl. The van der Waals surface area contributed by atoms with Gasteiger partial charge >= 0.3 is 11.9 Å². The van der Waals surface area contributed by atoms with E-state index >= 15 is 0 Å². The lowest BCUT2D eigenvalue weighted by atomic mass is 9.89. The van der Waals surface area contributed by atoms with E-state index in [2.05, 4.69) is 4.74 Å². The first-order chi connectivity index (χ1) is 12.7. The topological polar surface area (TPSA) is 76.1 Å². The van der Waals surface area contributed by atoms with Crippen molar-refractivity contribution >= 4 is 29.4 Å². The van der Waals surface area contributed by atoms with Crippen LogP contribution in [-0.4, -0.2) is 68.0 Å². The van der Waals surface area contributed by atoms with Gasteiger partial charge in [-0.05, 0) is 32.0 Å². The van der Waals surface area contributed by atoms with Crippen LogP contribution in [0.25, 0.3) is 0 Å². The van der Waals surface area contributed by atoms with Crippen molar-refractivity contribution in [1.29, 1.82) is 0 Å². The van der Waals surface area contributed by atoms with Crippen LogP contribution in [0.1, 0.15) is 24.9 Å². The standard InChI is InChI=1S/C19H25ClN2O5/c1-19(18(25)27-5)10-13(17(24)21(2)11-15(23)26-4)16(22(19)3)12-8-6-7-9-14(12)20/h6-9,13,16H,10-11H2,1-5H3/t13-,16-,19-/m0/s1. The summed E-state index contributed by atoms with van der Waals surface area (Å²) in [5.74, 6) is -1.77. The van der Waals surface area contributed by atoms with Gasteiger partial charge in [-0.2, -0.15) is 0 Å². The van der Waals surface area contributed by atoms with Gasteiger partial charge < -0.3 is 14.4 Å². The number of esters is 2. The van der Waals surface area contributed by atoms with Gasteiger partial charge in [0.1, 0.15) is 12.1 Å². The second-order valence-electron chi connectivity index (χ2n) is 6.92. The molecular weight excluding hydrogens is 372 g/mol. The number of hydrogen-bond acceptors (Lipinski definition) is 6. The van der Waals surface area contributed by atoms with Gasteiger partial charge in [0.2, 0.25) is 5.91 Å². The highest BCUT2D eigenvalue weighted by Crippen LogP contribution is 2.48. The number of ether oxygens (including phenoxy) is 2. The first kappa shape index (κ1) is 21.2. The minimum absolute atomic E-state index is 0.167. The number of likely N-dealkylation sites (N-methyl/N-ethyl adjacent to an activating group) is 2. The van der Waals surface area contributed by atoms with Crippen LogP contribution in [0, 0.1) is 5.92 Å². The van der Waals surface area contributed by atoms with Gasteiger partial charge in [-0.1, -0.05) is 29.8 Å². The molecule has 1 fully saturated rings. The number of likely N-dealkylation sites (tertiary alicyclic amines) is 1. The highest BCUT2D eigenvalue weighted by molar-refractivity contribution is 6.31. The van der Waals surface area contributed by atoms with Crippen LogP contribution in [-0.2, 0) is 23.9 Å². The van der Waals surface area contributed by atoms with E-state index in [1.165, 1.54) is 26.2 Å². The zero-order valence-electron chi connectivity index (χ0n) is 16.2. The Balaban J connectivity index is 2.45. The molecule has 0 aliphatic carbocycles. The Bertz CT molecular complexity index is 741. The number of nitrogens with zero attached hydrogens (tertiary/aromatic N) is 2. The lowest BCUT2D eigenvalue weighted by molar-refractivity contribution is -0.152. The Morgan fingerprint density at radius 1 is 1.26 bits per heavy atom. The number of rotatable bonds is 5. The Hall–Kier alpha value is -2.12. The normalized spacial score (nSPS) is 25.1. The Morgan fingerprint density at radius 3 is 2.44 bits per heavy atom. The molecule has 0 N–H and O–H groups in total. The van der Waals surface area contributed by atoms with Crippen LogP contribution < -0.4 is 0 Å². The Labute approximate surface area is 164 Å². The molecule has 0 spiro atoms. The zero-order valence-corrected chi connectivity index (χ0v) is 16.9. The van der Waals surface area contributed by atoms with Crippen LogP contribution >= 0.6 is 11.6 Å². The summed E-state index contributed by atoms with van der Waals surface area (Å²) in [7, 11) is 5.91. The van der Waals surface area contributed by atoms with Crippen LogP contribution in [0.4, 0.5) is 0 Å². The third-order valence-electron chi connectivity index (χ3n) is 5.33. The molecule has 0 unspecified atom stereocenters.